The van der Waals surface area contributed by atoms with Gasteiger partial charge in [0.05, 0.1) is 34.8 Å². The van der Waals surface area contributed by atoms with Gasteiger partial charge in [0.15, 0.2) is 0 Å². The summed E-state index contributed by atoms with van der Waals surface area (Å²) in [7, 11) is -2.46. The minimum Gasteiger partial charge on any atom is -0.497 e. The quantitative estimate of drug-likeness (QED) is 0.138. The van der Waals surface area contributed by atoms with E-state index in [9.17, 15) is 18.0 Å². The molecule has 4 aromatic rings. The van der Waals surface area contributed by atoms with Crippen LogP contribution in [0.3, 0.4) is 0 Å². The Morgan fingerprint density at radius 2 is 1.71 bits per heavy atom. The number of benzene rings is 3. The summed E-state index contributed by atoms with van der Waals surface area (Å²) < 4.78 is 39.3. The Morgan fingerprint density at radius 3 is 2.43 bits per heavy atom. The first-order valence-electron chi connectivity index (χ1n) is 12.4. The first kappa shape index (κ1) is 30.8. The number of carbonyl (C=O) groups excluding carboxylic acids is 2. The summed E-state index contributed by atoms with van der Waals surface area (Å²) in [5.74, 6) is -0.880. The molecule has 0 saturated carbocycles. The van der Waals surface area contributed by atoms with Crippen molar-refractivity contribution in [2.24, 2.45) is 5.10 Å². The Balaban J connectivity index is 1.45. The standard InChI is InChI=1S/C29H26Cl2N4O6S/c1-19-6-11-25(12-7-19)42(38,39)35(17-20-8-13-26(30)27(31)14-20)18-24-10-9-23(41-24)16-32-34-29(37)28(36)33-21-4-3-5-22(15-21)40-2/h3-16H,17-18H2,1-2H3,(H,33,36)(H,34,37)/b32-16+. The molecule has 218 valence electrons. The number of aryl methyl sites for hydroxylation is 1. The van der Waals surface area contributed by atoms with Gasteiger partial charge in [-0.25, -0.2) is 13.8 Å². The summed E-state index contributed by atoms with van der Waals surface area (Å²) >= 11 is 12.2. The molecule has 0 fully saturated rings. The number of nitrogens with one attached hydrogen (secondary N) is 2. The van der Waals surface area contributed by atoms with Gasteiger partial charge in [0, 0.05) is 18.3 Å². The van der Waals surface area contributed by atoms with E-state index in [0.717, 1.165) is 5.56 Å². The average molecular weight is 630 g/mol. The largest absolute Gasteiger partial charge is 0.497 e. The van der Waals surface area contributed by atoms with Gasteiger partial charge in [0.1, 0.15) is 17.3 Å². The maximum atomic E-state index is 13.6. The lowest BCUT2D eigenvalue weighted by Gasteiger charge is -2.22. The highest BCUT2D eigenvalue weighted by molar-refractivity contribution is 7.89. The Kier molecular flexibility index (Phi) is 10.0. The predicted octanol–water partition coefficient (Wildman–Crippen LogP) is 5.38. The number of hydrogen-bond acceptors (Lipinski definition) is 7. The Labute approximate surface area is 252 Å². The van der Waals surface area contributed by atoms with Crippen LogP contribution in [0.15, 0.2) is 93.3 Å². The molecule has 0 radical (unpaired) electrons. The highest BCUT2D eigenvalue weighted by Crippen LogP contribution is 2.26. The van der Waals surface area contributed by atoms with E-state index in [1.54, 1.807) is 78.9 Å². The predicted molar refractivity (Wildman–Crippen MR) is 160 cm³/mol. The van der Waals surface area contributed by atoms with Crippen molar-refractivity contribution in [3.05, 3.63) is 112 Å². The molecule has 4 rings (SSSR count). The molecule has 0 aliphatic rings. The monoisotopic (exact) mass is 628 g/mol. The normalized spacial score (nSPS) is 11.5. The maximum absolute atomic E-state index is 13.6. The number of anilines is 1. The molecular weight excluding hydrogens is 603 g/mol. The molecular formula is C29H26Cl2N4O6S. The Bertz CT molecular complexity index is 1720. The summed E-state index contributed by atoms with van der Waals surface area (Å²) in [5, 5.41) is 6.86. The van der Waals surface area contributed by atoms with Gasteiger partial charge in [-0.2, -0.15) is 9.41 Å². The fraction of sp³-hybridized carbons (Fsp3) is 0.138. The first-order valence-corrected chi connectivity index (χ1v) is 14.6. The molecule has 2 N–H and O–H groups in total. The van der Waals surface area contributed by atoms with Crippen LogP contribution in [0.2, 0.25) is 10.0 Å². The van der Waals surface area contributed by atoms with Crippen LogP contribution >= 0.6 is 23.2 Å². The number of amides is 2. The van der Waals surface area contributed by atoms with Gasteiger partial charge in [-0.1, -0.05) is 53.0 Å². The molecule has 0 aliphatic carbocycles. The highest BCUT2D eigenvalue weighted by Gasteiger charge is 2.26. The number of carbonyl (C=O) groups is 2. The van der Waals surface area contributed by atoms with Crippen molar-refractivity contribution in [2.45, 2.75) is 24.9 Å². The molecule has 1 heterocycles. The van der Waals surface area contributed by atoms with Crippen LogP contribution in [0.1, 0.15) is 22.6 Å². The van der Waals surface area contributed by atoms with Gasteiger partial charge in [0.2, 0.25) is 10.0 Å². The Hall–Kier alpha value is -4.16. The number of sulfonamides is 1. The van der Waals surface area contributed by atoms with Crippen LogP contribution < -0.4 is 15.5 Å². The van der Waals surface area contributed by atoms with Crippen molar-refractivity contribution in [1.29, 1.82) is 0 Å². The summed E-state index contributed by atoms with van der Waals surface area (Å²) in [6.45, 7) is 1.75. The van der Waals surface area contributed by atoms with Crippen molar-refractivity contribution in [2.75, 3.05) is 12.4 Å². The molecule has 2 amide bonds. The lowest BCUT2D eigenvalue weighted by Crippen LogP contribution is -2.32. The van der Waals surface area contributed by atoms with Crippen LogP contribution in [0.5, 0.6) is 5.75 Å². The molecule has 0 atom stereocenters. The number of methoxy groups -OCH3 is 1. The minimum absolute atomic E-state index is 0.00429. The van der Waals surface area contributed by atoms with Gasteiger partial charge >= 0.3 is 11.8 Å². The van der Waals surface area contributed by atoms with Gasteiger partial charge in [-0.3, -0.25) is 9.59 Å². The van der Waals surface area contributed by atoms with E-state index in [-0.39, 0.29) is 23.7 Å². The van der Waals surface area contributed by atoms with E-state index in [1.165, 1.54) is 17.6 Å². The van der Waals surface area contributed by atoms with Gasteiger partial charge < -0.3 is 14.5 Å². The zero-order valence-electron chi connectivity index (χ0n) is 22.5. The molecule has 10 nitrogen and oxygen atoms in total. The third-order valence-electron chi connectivity index (χ3n) is 5.91. The lowest BCUT2D eigenvalue weighted by molar-refractivity contribution is -0.136. The number of halogens is 2. The van der Waals surface area contributed by atoms with E-state index < -0.39 is 21.8 Å². The van der Waals surface area contributed by atoms with Crippen molar-refractivity contribution >= 4 is 56.9 Å². The second-order valence-corrected chi connectivity index (χ2v) is 11.8. The summed E-state index contributed by atoms with van der Waals surface area (Å²) in [5.41, 5.74) is 4.04. The molecule has 0 bridgehead atoms. The van der Waals surface area contributed by atoms with Crippen molar-refractivity contribution in [3.63, 3.8) is 0 Å². The average Bonchev–Trinajstić information content (AvgIpc) is 3.42. The number of hydrazone groups is 1. The number of ether oxygens (including phenoxy) is 1. The van der Waals surface area contributed by atoms with Crippen molar-refractivity contribution in [3.8, 4) is 5.75 Å². The fourth-order valence-electron chi connectivity index (χ4n) is 3.74. The van der Waals surface area contributed by atoms with Crippen molar-refractivity contribution < 1.29 is 27.2 Å². The van der Waals surface area contributed by atoms with E-state index in [0.29, 0.717) is 32.8 Å². The summed E-state index contributed by atoms with van der Waals surface area (Å²) in [4.78, 5) is 24.4. The second kappa shape index (κ2) is 13.7. The highest BCUT2D eigenvalue weighted by atomic mass is 35.5. The number of hydrogen-bond donors (Lipinski definition) is 2. The zero-order chi connectivity index (χ0) is 30.3. The molecule has 0 unspecified atom stereocenters. The third-order valence-corrected chi connectivity index (χ3v) is 8.45. The number of nitrogens with zero attached hydrogens (tertiary/aromatic N) is 2. The lowest BCUT2D eigenvalue weighted by atomic mass is 10.2. The second-order valence-electron chi connectivity index (χ2n) is 9.02. The van der Waals surface area contributed by atoms with Crippen molar-refractivity contribution in [1.82, 2.24) is 9.73 Å². The van der Waals surface area contributed by atoms with Gasteiger partial charge in [0.25, 0.3) is 0 Å². The van der Waals surface area contributed by atoms with Gasteiger partial charge in [-0.15, -0.1) is 0 Å². The van der Waals surface area contributed by atoms with E-state index in [4.69, 9.17) is 32.4 Å². The smallest absolute Gasteiger partial charge is 0.329 e. The summed E-state index contributed by atoms with van der Waals surface area (Å²) in [6.07, 6.45) is 1.19. The van der Waals surface area contributed by atoms with Crippen LogP contribution in [0.25, 0.3) is 0 Å². The molecule has 13 heteroatoms. The first-order chi connectivity index (χ1) is 20.0. The Morgan fingerprint density at radius 1 is 0.952 bits per heavy atom. The maximum Gasteiger partial charge on any atom is 0.329 e. The molecule has 42 heavy (non-hydrogen) atoms. The van der Waals surface area contributed by atoms with E-state index in [2.05, 4.69) is 15.8 Å². The summed E-state index contributed by atoms with van der Waals surface area (Å²) in [6, 6.07) is 21.1. The fourth-order valence-corrected chi connectivity index (χ4v) is 5.46. The number of furan rings is 1. The molecule has 3 aromatic carbocycles. The molecule has 1 aromatic heterocycles. The van der Waals surface area contributed by atoms with E-state index >= 15 is 0 Å². The molecule has 0 saturated heterocycles. The van der Waals surface area contributed by atoms with Crippen LogP contribution in [-0.4, -0.2) is 37.9 Å². The number of rotatable bonds is 10. The topological polar surface area (TPSA) is 130 Å². The zero-order valence-corrected chi connectivity index (χ0v) is 24.8. The van der Waals surface area contributed by atoms with E-state index in [1.807, 2.05) is 6.92 Å². The SMILES string of the molecule is COc1cccc(NC(=O)C(=O)N/N=C/c2ccc(CN(Cc3ccc(Cl)c(Cl)c3)S(=O)(=O)c3ccc(C)cc3)o2)c1. The van der Waals surface area contributed by atoms with Crippen LogP contribution in [0, 0.1) is 6.92 Å². The van der Waals surface area contributed by atoms with Crippen LogP contribution in [-0.2, 0) is 32.7 Å². The van der Waals surface area contributed by atoms with Gasteiger partial charge in [-0.05, 0) is 61.0 Å². The molecule has 0 spiro atoms. The van der Waals surface area contributed by atoms with Crippen LogP contribution in [0.4, 0.5) is 5.69 Å². The third kappa shape index (κ3) is 7.98. The molecule has 0 aliphatic heterocycles. The minimum atomic E-state index is -3.94.